The number of hydrogen-bond acceptors (Lipinski definition) is 1. The van der Waals surface area contributed by atoms with Crippen molar-refractivity contribution in [2.75, 3.05) is 0 Å². The third-order valence-corrected chi connectivity index (χ3v) is 3.03. The monoisotopic (exact) mass is 222 g/mol. The molecule has 17 heavy (non-hydrogen) atoms. The molecule has 0 radical (unpaired) electrons. The maximum atomic E-state index is 5.65. The molecule has 0 fully saturated rings. The van der Waals surface area contributed by atoms with Crippen molar-refractivity contribution in [1.82, 2.24) is 0 Å². The van der Waals surface area contributed by atoms with Crippen molar-refractivity contribution >= 4 is 11.0 Å². The summed E-state index contributed by atoms with van der Waals surface area (Å²) in [5.74, 6) is 0.959. The number of rotatable bonds is 1. The van der Waals surface area contributed by atoms with Crippen LogP contribution in [0.4, 0.5) is 0 Å². The van der Waals surface area contributed by atoms with Gasteiger partial charge in [-0.1, -0.05) is 42.0 Å². The zero-order valence-electron chi connectivity index (χ0n) is 10.0. The molecule has 0 aliphatic heterocycles. The maximum absolute atomic E-state index is 5.65. The number of fused-ring (bicyclic) bond motifs is 1. The van der Waals surface area contributed by atoms with Crippen molar-refractivity contribution in [1.29, 1.82) is 0 Å². The zero-order valence-corrected chi connectivity index (χ0v) is 10.0. The summed E-state index contributed by atoms with van der Waals surface area (Å²) in [4.78, 5) is 0. The fourth-order valence-corrected chi connectivity index (χ4v) is 2.09. The van der Waals surface area contributed by atoms with Gasteiger partial charge < -0.3 is 4.42 Å². The number of hydrogen-bond donors (Lipinski definition) is 0. The van der Waals surface area contributed by atoms with Gasteiger partial charge in [-0.3, -0.25) is 0 Å². The lowest BCUT2D eigenvalue weighted by molar-refractivity contribution is 0.578. The molecule has 0 aliphatic rings. The zero-order chi connectivity index (χ0) is 11.8. The second-order valence-electron chi connectivity index (χ2n) is 4.48. The van der Waals surface area contributed by atoms with E-state index in [9.17, 15) is 0 Å². The normalized spacial score (nSPS) is 10.9. The van der Waals surface area contributed by atoms with E-state index in [1.54, 1.807) is 0 Å². The molecule has 0 bridgehead atoms. The Balaban J connectivity index is 2.13. The number of benzene rings is 2. The highest BCUT2D eigenvalue weighted by Gasteiger charge is 2.03. The van der Waals surface area contributed by atoms with Crippen LogP contribution in [0.2, 0.25) is 0 Å². The lowest BCUT2D eigenvalue weighted by Crippen LogP contribution is -1.78. The highest BCUT2D eigenvalue weighted by molar-refractivity contribution is 5.83. The molecule has 0 aliphatic carbocycles. The lowest BCUT2D eigenvalue weighted by Gasteiger charge is -2.02. The van der Waals surface area contributed by atoms with Crippen molar-refractivity contribution in [3.63, 3.8) is 0 Å². The Morgan fingerprint density at radius 2 is 1.47 bits per heavy atom. The average molecular weight is 222 g/mol. The minimum atomic E-state index is 0.959. The van der Waals surface area contributed by atoms with Crippen molar-refractivity contribution in [3.05, 3.63) is 59.9 Å². The summed E-state index contributed by atoms with van der Waals surface area (Å²) in [7, 11) is 0. The van der Waals surface area contributed by atoms with E-state index in [0.717, 1.165) is 11.3 Å². The standard InChI is InChI=1S/C16H14O/c1-11-3-5-13(6-4-11)14-7-8-15-9-12(2)17-16(15)10-14/h3-10H,1-2H3. The second kappa shape index (κ2) is 3.77. The van der Waals surface area contributed by atoms with Crippen LogP contribution < -0.4 is 0 Å². The molecule has 0 spiro atoms. The summed E-state index contributed by atoms with van der Waals surface area (Å²) in [5, 5.41) is 1.17. The van der Waals surface area contributed by atoms with Gasteiger partial charge in [0.25, 0.3) is 0 Å². The average Bonchev–Trinajstić information content (AvgIpc) is 2.69. The first-order chi connectivity index (χ1) is 8.22. The van der Waals surface area contributed by atoms with Gasteiger partial charge in [0, 0.05) is 5.39 Å². The van der Waals surface area contributed by atoms with Gasteiger partial charge in [-0.15, -0.1) is 0 Å². The van der Waals surface area contributed by atoms with Gasteiger partial charge in [0.15, 0.2) is 0 Å². The first-order valence-electron chi connectivity index (χ1n) is 5.79. The molecule has 0 N–H and O–H groups in total. The molecule has 1 heterocycles. The predicted molar refractivity (Wildman–Crippen MR) is 71.1 cm³/mol. The molecular formula is C16H14O. The third-order valence-electron chi connectivity index (χ3n) is 3.03. The largest absolute Gasteiger partial charge is 0.461 e. The minimum absolute atomic E-state index is 0.959. The van der Waals surface area contributed by atoms with Crippen LogP contribution in [0.1, 0.15) is 11.3 Å². The SMILES string of the molecule is Cc1ccc(-c2ccc3cc(C)oc3c2)cc1. The Hall–Kier alpha value is -2.02. The smallest absolute Gasteiger partial charge is 0.134 e. The summed E-state index contributed by atoms with van der Waals surface area (Å²) in [6, 6.07) is 17.0. The van der Waals surface area contributed by atoms with E-state index < -0.39 is 0 Å². The Labute approximate surface area is 101 Å². The summed E-state index contributed by atoms with van der Waals surface area (Å²) >= 11 is 0. The lowest BCUT2D eigenvalue weighted by atomic mass is 10.0. The van der Waals surface area contributed by atoms with Crippen LogP contribution in [-0.2, 0) is 0 Å². The van der Waals surface area contributed by atoms with Crippen LogP contribution in [0.25, 0.3) is 22.1 Å². The van der Waals surface area contributed by atoms with Gasteiger partial charge in [-0.05, 0) is 37.1 Å². The van der Waals surface area contributed by atoms with Crippen molar-refractivity contribution < 1.29 is 4.42 Å². The van der Waals surface area contributed by atoms with Gasteiger partial charge in [-0.25, -0.2) is 0 Å². The molecule has 0 saturated heterocycles. The van der Waals surface area contributed by atoms with Gasteiger partial charge >= 0.3 is 0 Å². The fourth-order valence-electron chi connectivity index (χ4n) is 2.09. The molecule has 1 aromatic heterocycles. The highest BCUT2D eigenvalue weighted by atomic mass is 16.3. The van der Waals surface area contributed by atoms with Gasteiger partial charge in [0.1, 0.15) is 11.3 Å². The molecule has 1 nitrogen and oxygen atoms in total. The molecule has 0 unspecified atom stereocenters. The fraction of sp³-hybridized carbons (Fsp3) is 0.125. The topological polar surface area (TPSA) is 13.1 Å². The molecule has 0 atom stereocenters. The molecule has 3 rings (SSSR count). The molecule has 0 amide bonds. The number of furan rings is 1. The van der Waals surface area contributed by atoms with E-state index in [1.165, 1.54) is 22.1 Å². The molecular weight excluding hydrogens is 208 g/mol. The maximum Gasteiger partial charge on any atom is 0.134 e. The van der Waals surface area contributed by atoms with E-state index in [1.807, 2.05) is 6.92 Å². The summed E-state index contributed by atoms with van der Waals surface area (Å²) in [6.07, 6.45) is 0. The summed E-state index contributed by atoms with van der Waals surface area (Å²) < 4.78 is 5.65. The Morgan fingerprint density at radius 3 is 2.24 bits per heavy atom. The van der Waals surface area contributed by atoms with Crippen LogP contribution in [0.3, 0.4) is 0 Å². The van der Waals surface area contributed by atoms with E-state index in [0.29, 0.717) is 0 Å². The molecule has 3 aromatic rings. The Morgan fingerprint density at radius 1 is 0.765 bits per heavy atom. The van der Waals surface area contributed by atoms with Crippen LogP contribution in [0.5, 0.6) is 0 Å². The summed E-state index contributed by atoms with van der Waals surface area (Å²) in [5.41, 5.74) is 4.67. The quantitative estimate of drug-likeness (QED) is 0.580. The second-order valence-corrected chi connectivity index (χ2v) is 4.48. The first kappa shape index (κ1) is 10.2. The van der Waals surface area contributed by atoms with Crippen LogP contribution in [0.15, 0.2) is 52.9 Å². The third kappa shape index (κ3) is 1.84. The van der Waals surface area contributed by atoms with E-state index >= 15 is 0 Å². The predicted octanol–water partition coefficient (Wildman–Crippen LogP) is 4.72. The molecule has 84 valence electrons. The number of aryl methyl sites for hydroxylation is 2. The Kier molecular flexibility index (Phi) is 2.25. The molecule has 0 saturated carbocycles. The molecule has 2 aromatic carbocycles. The van der Waals surface area contributed by atoms with Crippen LogP contribution in [0, 0.1) is 13.8 Å². The van der Waals surface area contributed by atoms with Crippen molar-refractivity contribution in [3.8, 4) is 11.1 Å². The first-order valence-corrected chi connectivity index (χ1v) is 5.79. The van der Waals surface area contributed by atoms with Gasteiger partial charge in [0.2, 0.25) is 0 Å². The van der Waals surface area contributed by atoms with E-state index in [4.69, 9.17) is 4.42 Å². The Bertz CT molecular complexity index is 660. The summed E-state index contributed by atoms with van der Waals surface area (Å²) in [6.45, 7) is 4.08. The minimum Gasteiger partial charge on any atom is -0.461 e. The van der Waals surface area contributed by atoms with Crippen LogP contribution >= 0.6 is 0 Å². The van der Waals surface area contributed by atoms with Crippen LogP contribution in [-0.4, -0.2) is 0 Å². The van der Waals surface area contributed by atoms with E-state index in [2.05, 4.69) is 55.5 Å². The highest BCUT2D eigenvalue weighted by Crippen LogP contribution is 2.26. The van der Waals surface area contributed by atoms with Gasteiger partial charge in [-0.2, -0.15) is 0 Å². The van der Waals surface area contributed by atoms with Gasteiger partial charge in [0.05, 0.1) is 0 Å². The van der Waals surface area contributed by atoms with Crippen molar-refractivity contribution in [2.24, 2.45) is 0 Å². The molecule has 1 heteroatoms. The van der Waals surface area contributed by atoms with Crippen molar-refractivity contribution in [2.45, 2.75) is 13.8 Å². The van der Waals surface area contributed by atoms with E-state index in [-0.39, 0.29) is 0 Å².